The molecule has 6 heteroatoms. The summed E-state index contributed by atoms with van der Waals surface area (Å²) in [6.07, 6.45) is 6.26. The second-order valence-corrected chi connectivity index (χ2v) is 5.00. The summed E-state index contributed by atoms with van der Waals surface area (Å²) in [7, 11) is 0. The van der Waals surface area contributed by atoms with Crippen LogP contribution in [0.15, 0.2) is 41.4 Å². The number of benzene rings is 1. The molecule has 19 heavy (non-hydrogen) atoms. The first-order valence-corrected chi connectivity index (χ1v) is 6.75. The highest BCUT2D eigenvalue weighted by atomic mass is 79.9. The summed E-state index contributed by atoms with van der Waals surface area (Å²) in [6, 6.07) is 5.15. The van der Waals surface area contributed by atoms with E-state index in [1.165, 1.54) is 0 Å². The number of aryl methyl sites for hydroxylation is 1. The molecule has 1 heterocycles. The highest BCUT2D eigenvalue weighted by molar-refractivity contribution is 9.10. The van der Waals surface area contributed by atoms with Gasteiger partial charge in [0.2, 0.25) is 0 Å². The first-order chi connectivity index (χ1) is 9.16. The van der Waals surface area contributed by atoms with Gasteiger partial charge in [0.05, 0.1) is 6.33 Å². The van der Waals surface area contributed by atoms with Gasteiger partial charge in [-0.2, -0.15) is 0 Å². The summed E-state index contributed by atoms with van der Waals surface area (Å²) in [5.74, 6) is -0.0914. The Morgan fingerprint density at radius 3 is 3.00 bits per heavy atom. The molecule has 2 aromatic rings. The maximum Gasteiger partial charge on any atom is 0.251 e. The molecule has 0 saturated carbocycles. The van der Waals surface area contributed by atoms with Crippen molar-refractivity contribution in [2.24, 2.45) is 0 Å². The number of halogens is 1. The van der Waals surface area contributed by atoms with E-state index in [4.69, 9.17) is 5.73 Å². The molecule has 5 nitrogen and oxygen atoms in total. The lowest BCUT2D eigenvalue weighted by Gasteiger charge is -2.07. The average molecular weight is 323 g/mol. The number of nitrogens with two attached hydrogens (primary N) is 1. The number of carbonyl (C=O) groups is 1. The van der Waals surface area contributed by atoms with Gasteiger partial charge in [0.15, 0.2) is 0 Å². The molecule has 0 bridgehead atoms. The number of nitrogen functional groups attached to an aromatic ring is 1. The first-order valence-electron chi connectivity index (χ1n) is 5.96. The number of anilines is 1. The lowest BCUT2D eigenvalue weighted by atomic mass is 10.2. The summed E-state index contributed by atoms with van der Waals surface area (Å²) in [5.41, 5.74) is 6.90. The number of nitrogens with zero attached hydrogens (tertiary/aromatic N) is 2. The van der Waals surface area contributed by atoms with Crippen molar-refractivity contribution in [3.05, 3.63) is 47.0 Å². The molecular weight excluding hydrogens is 308 g/mol. The Labute approximate surface area is 120 Å². The van der Waals surface area contributed by atoms with E-state index in [1.807, 2.05) is 10.8 Å². The van der Waals surface area contributed by atoms with Gasteiger partial charge in [0.25, 0.3) is 5.91 Å². The molecular formula is C13H15BrN4O. The van der Waals surface area contributed by atoms with E-state index in [1.54, 1.807) is 30.7 Å². The van der Waals surface area contributed by atoms with E-state index in [9.17, 15) is 4.79 Å². The van der Waals surface area contributed by atoms with Gasteiger partial charge in [-0.1, -0.05) is 0 Å². The normalized spacial score (nSPS) is 10.4. The van der Waals surface area contributed by atoms with E-state index < -0.39 is 0 Å². The second kappa shape index (κ2) is 6.38. The molecule has 100 valence electrons. The maximum absolute atomic E-state index is 11.9. The van der Waals surface area contributed by atoms with Crippen LogP contribution in [0.3, 0.4) is 0 Å². The van der Waals surface area contributed by atoms with Gasteiger partial charge in [-0.3, -0.25) is 4.79 Å². The van der Waals surface area contributed by atoms with Crippen molar-refractivity contribution >= 4 is 27.5 Å². The van der Waals surface area contributed by atoms with Gasteiger partial charge in [-0.05, 0) is 40.5 Å². The van der Waals surface area contributed by atoms with E-state index in [-0.39, 0.29) is 5.91 Å². The maximum atomic E-state index is 11.9. The van der Waals surface area contributed by atoms with Crippen molar-refractivity contribution in [1.82, 2.24) is 14.9 Å². The van der Waals surface area contributed by atoms with Gasteiger partial charge in [0.1, 0.15) is 0 Å². The summed E-state index contributed by atoms with van der Waals surface area (Å²) >= 11 is 3.31. The van der Waals surface area contributed by atoms with Crippen LogP contribution in [-0.4, -0.2) is 22.0 Å². The zero-order valence-electron chi connectivity index (χ0n) is 10.3. The van der Waals surface area contributed by atoms with Gasteiger partial charge in [0, 0.05) is 41.2 Å². The lowest BCUT2D eigenvalue weighted by molar-refractivity contribution is 0.0952. The van der Waals surface area contributed by atoms with E-state index >= 15 is 0 Å². The van der Waals surface area contributed by atoms with Crippen LogP contribution < -0.4 is 11.1 Å². The molecule has 1 aromatic heterocycles. The number of amides is 1. The molecule has 0 aliphatic rings. The molecule has 0 fully saturated rings. The van der Waals surface area contributed by atoms with Crippen molar-refractivity contribution in [2.45, 2.75) is 13.0 Å². The van der Waals surface area contributed by atoms with E-state index in [0.717, 1.165) is 17.4 Å². The van der Waals surface area contributed by atoms with E-state index in [0.29, 0.717) is 17.8 Å². The molecule has 0 unspecified atom stereocenters. The molecule has 0 radical (unpaired) electrons. The number of carbonyl (C=O) groups excluding carboxylic acids is 1. The number of rotatable bonds is 5. The zero-order valence-corrected chi connectivity index (χ0v) is 11.9. The van der Waals surface area contributed by atoms with Gasteiger partial charge in [-0.25, -0.2) is 4.98 Å². The Morgan fingerprint density at radius 2 is 2.32 bits per heavy atom. The van der Waals surface area contributed by atoms with Gasteiger partial charge >= 0.3 is 0 Å². The molecule has 0 aliphatic heterocycles. The van der Waals surface area contributed by atoms with Crippen molar-refractivity contribution in [3.8, 4) is 0 Å². The number of imidazole rings is 1. The van der Waals surface area contributed by atoms with Crippen LogP contribution in [0.2, 0.25) is 0 Å². The van der Waals surface area contributed by atoms with Crippen molar-refractivity contribution in [2.75, 3.05) is 12.3 Å². The molecule has 1 aromatic carbocycles. The SMILES string of the molecule is Nc1ccc(C(=O)NCCCn2ccnc2)cc1Br. The lowest BCUT2D eigenvalue weighted by Crippen LogP contribution is -2.25. The summed E-state index contributed by atoms with van der Waals surface area (Å²) in [5, 5.41) is 2.87. The van der Waals surface area contributed by atoms with Gasteiger partial charge in [-0.15, -0.1) is 0 Å². The Hall–Kier alpha value is -1.82. The average Bonchev–Trinajstić information content (AvgIpc) is 2.91. The summed E-state index contributed by atoms with van der Waals surface area (Å²) < 4.78 is 2.71. The minimum absolute atomic E-state index is 0.0914. The molecule has 0 saturated heterocycles. The number of hydrogen-bond donors (Lipinski definition) is 2. The Morgan fingerprint density at radius 1 is 1.47 bits per heavy atom. The van der Waals surface area contributed by atoms with Crippen molar-refractivity contribution in [3.63, 3.8) is 0 Å². The topological polar surface area (TPSA) is 72.9 Å². The van der Waals surface area contributed by atoms with Crippen LogP contribution in [0.1, 0.15) is 16.8 Å². The summed E-state index contributed by atoms with van der Waals surface area (Å²) in [6.45, 7) is 1.46. The molecule has 0 spiro atoms. The fraction of sp³-hybridized carbons (Fsp3) is 0.231. The summed E-state index contributed by atoms with van der Waals surface area (Å²) in [4.78, 5) is 15.8. The monoisotopic (exact) mass is 322 g/mol. The van der Waals surface area contributed by atoms with Crippen molar-refractivity contribution < 1.29 is 4.79 Å². The minimum Gasteiger partial charge on any atom is -0.398 e. The third kappa shape index (κ3) is 3.82. The zero-order chi connectivity index (χ0) is 13.7. The molecule has 1 amide bonds. The van der Waals surface area contributed by atoms with Crippen molar-refractivity contribution in [1.29, 1.82) is 0 Å². The second-order valence-electron chi connectivity index (χ2n) is 4.15. The standard InChI is InChI=1S/C13H15BrN4O/c14-11-8-10(2-3-12(11)15)13(19)17-4-1-6-18-7-5-16-9-18/h2-3,5,7-9H,1,4,6,15H2,(H,17,19). The Kier molecular flexibility index (Phi) is 4.57. The predicted octanol–water partition coefficient (Wildman–Crippen LogP) is 2.05. The van der Waals surface area contributed by atoms with Crippen LogP contribution in [0, 0.1) is 0 Å². The Balaban J connectivity index is 1.79. The third-order valence-corrected chi connectivity index (χ3v) is 3.39. The molecule has 2 rings (SSSR count). The fourth-order valence-electron chi connectivity index (χ4n) is 1.65. The number of aromatic nitrogens is 2. The van der Waals surface area contributed by atoms with Crippen LogP contribution >= 0.6 is 15.9 Å². The van der Waals surface area contributed by atoms with Gasteiger partial charge < -0.3 is 15.6 Å². The van der Waals surface area contributed by atoms with Crippen LogP contribution in [0.25, 0.3) is 0 Å². The third-order valence-electron chi connectivity index (χ3n) is 2.70. The molecule has 3 N–H and O–H groups in total. The minimum atomic E-state index is -0.0914. The largest absolute Gasteiger partial charge is 0.398 e. The highest BCUT2D eigenvalue weighted by Gasteiger charge is 2.06. The first kappa shape index (κ1) is 13.6. The van der Waals surface area contributed by atoms with Crippen LogP contribution in [0.5, 0.6) is 0 Å². The fourth-order valence-corrected chi connectivity index (χ4v) is 2.03. The smallest absolute Gasteiger partial charge is 0.251 e. The highest BCUT2D eigenvalue weighted by Crippen LogP contribution is 2.20. The number of nitrogens with one attached hydrogen (secondary N) is 1. The molecule has 0 aliphatic carbocycles. The Bertz CT molecular complexity index is 554. The number of hydrogen-bond acceptors (Lipinski definition) is 3. The quantitative estimate of drug-likeness (QED) is 0.653. The predicted molar refractivity (Wildman–Crippen MR) is 77.7 cm³/mol. The van der Waals surface area contributed by atoms with E-state index in [2.05, 4.69) is 26.2 Å². The molecule has 0 atom stereocenters. The van der Waals surface area contributed by atoms with Crippen LogP contribution in [0.4, 0.5) is 5.69 Å². The van der Waals surface area contributed by atoms with Crippen LogP contribution in [-0.2, 0) is 6.54 Å².